The fourth-order valence-electron chi connectivity index (χ4n) is 1.82. The minimum atomic E-state index is -0.0442. The molecular weight excluding hydrogens is 214 g/mol. The average molecular weight is 231 g/mol. The van der Waals surface area contributed by atoms with Gasteiger partial charge in [0.15, 0.2) is 0 Å². The Morgan fingerprint density at radius 1 is 1.24 bits per heavy atom. The average Bonchev–Trinajstić information content (AvgIpc) is 2.73. The third-order valence-corrected chi connectivity index (χ3v) is 2.65. The zero-order valence-corrected chi connectivity index (χ0v) is 9.71. The van der Waals surface area contributed by atoms with Crippen LogP contribution in [0.1, 0.15) is 17.1 Å². The fraction of sp³-hybridized carbons (Fsp3) is 0.308. The Bertz CT molecular complexity index is 465. The van der Waals surface area contributed by atoms with Gasteiger partial charge in [0.1, 0.15) is 12.4 Å². The maximum atomic E-state index is 9.26. The Morgan fingerprint density at radius 3 is 2.65 bits per heavy atom. The van der Waals surface area contributed by atoms with E-state index in [0.29, 0.717) is 12.4 Å². The van der Waals surface area contributed by atoms with E-state index < -0.39 is 0 Å². The maximum absolute atomic E-state index is 9.26. The topological polar surface area (TPSA) is 64.1 Å². The lowest BCUT2D eigenvalue weighted by Crippen LogP contribution is -2.03. The van der Waals surface area contributed by atoms with Crippen molar-refractivity contribution < 1.29 is 5.11 Å². The van der Waals surface area contributed by atoms with Gasteiger partial charge in [-0.2, -0.15) is 0 Å². The zero-order valence-electron chi connectivity index (χ0n) is 9.71. The summed E-state index contributed by atoms with van der Waals surface area (Å²) in [5.74, 6) is 0.692. The predicted molar refractivity (Wildman–Crippen MR) is 66.5 cm³/mol. The highest BCUT2D eigenvalue weighted by molar-refractivity contribution is 5.16. The van der Waals surface area contributed by atoms with E-state index >= 15 is 0 Å². The third kappa shape index (κ3) is 2.93. The molecule has 0 saturated heterocycles. The van der Waals surface area contributed by atoms with E-state index in [-0.39, 0.29) is 6.61 Å². The second kappa shape index (κ2) is 5.61. The molecule has 4 nitrogen and oxygen atoms in total. The lowest BCUT2D eigenvalue weighted by atomic mass is 10.2. The van der Waals surface area contributed by atoms with Gasteiger partial charge < -0.3 is 15.4 Å². The monoisotopic (exact) mass is 231 g/mol. The van der Waals surface area contributed by atoms with Gasteiger partial charge in [-0.15, -0.1) is 0 Å². The highest BCUT2D eigenvalue weighted by Gasteiger charge is 2.06. The van der Waals surface area contributed by atoms with Gasteiger partial charge in [-0.25, -0.2) is 4.98 Å². The van der Waals surface area contributed by atoms with Crippen molar-refractivity contribution in [2.75, 3.05) is 6.54 Å². The first kappa shape index (κ1) is 11.8. The Hall–Kier alpha value is -1.65. The van der Waals surface area contributed by atoms with E-state index in [1.165, 1.54) is 5.56 Å². The number of aliphatic hydroxyl groups excluding tert-OH is 1. The molecule has 0 saturated carbocycles. The van der Waals surface area contributed by atoms with Crippen molar-refractivity contribution in [3.8, 4) is 0 Å². The van der Waals surface area contributed by atoms with Crippen LogP contribution in [-0.2, 0) is 19.6 Å². The van der Waals surface area contributed by atoms with Gasteiger partial charge in [-0.3, -0.25) is 0 Å². The molecule has 0 unspecified atom stereocenters. The summed E-state index contributed by atoms with van der Waals surface area (Å²) in [7, 11) is 0. The SMILES string of the molecule is NCCc1cn(Cc2ccccc2)c(CO)n1. The van der Waals surface area contributed by atoms with Gasteiger partial charge in [-0.05, 0) is 12.1 Å². The highest BCUT2D eigenvalue weighted by atomic mass is 16.3. The molecule has 1 aromatic heterocycles. The molecule has 4 heteroatoms. The van der Waals surface area contributed by atoms with E-state index in [9.17, 15) is 5.11 Å². The highest BCUT2D eigenvalue weighted by Crippen LogP contribution is 2.08. The lowest BCUT2D eigenvalue weighted by Gasteiger charge is -2.05. The van der Waals surface area contributed by atoms with Crippen LogP contribution in [-0.4, -0.2) is 21.2 Å². The normalized spacial score (nSPS) is 10.7. The molecule has 90 valence electrons. The number of rotatable bonds is 5. The van der Waals surface area contributed by atoms with Crippen molar-refractivity contribution in [1.82, 2.24) is 9.55 Å². The number of hydrogen-bond donors (Lipinski definition) is 2. The van der Waals surface area contributed by atoms with Crippen LogP contribution < -0.4 is 5.73 Å². The predicted octanol–water partition coefficient (Wildman–Crippen LogP) is 0.925. The van der Waals surface area contributed by atoms with Gasteiger partial charge >= 0.3 is 0 Å². The first-order chi connectivity index (χ1) is 8.33. The second-order valence-electron chi connectivity index (χ2n) is 3.96. The number of aromatic nitrogens is 2. The molecule has 0 aliphatic carbocycles. The Balaban J connectivity index is 2.19. The number of hydrogen-bond acceptors (Lipinski definition) is 3. The smallest absolute Gasteiger partial charge is 0.135 e. The first-order valence-corrected chi connectivity index (χ1v) is 5.73. The molecule has 0 aliphatic heterocycles. The summed E-state index contributed by atoms with van der Waals surface area (Å²) in [6.45, 7) is 1.26. The second-order valence-corrected chi connectivity index (χ2v) is 3.96. The quantitative estimate of drug-likeness (QED) is 0.804. The van der Waals surface area contributed by atoms with Gasteiger partial charge in [0, 0.05) is 19.2 Å². The van der Waals surface area contributed by atoms with Crippen molar-refractivity contribution in [2.45, 2.75) is 19.6 Å². The molecule has 2 rings (SSSR count). The number of nitrogens with two attached hydrogens (primary N) is 1. The lowest BCUT2D eigenvalue weighted by molar-refractivity contribution is 0.266. The summed E-state index contributed by atoms with van der Waals surface area (Å²) < 4.78 is 1.97. The number of aliphatic hydroxyl groups is 1. The van der Waals surface area contributed by atoms with Crippen molar-refractivity contribution in [2.24, 2.45) is 5.73 Å². The van der Waals surface area contributed by atoms with Crippen LogP contribution in [0.4, 0.5) is 0 Å². The Kier molecular flexibility index (Phi) is 3.90. The van der Waals surface area contributed by atoms with Crippen LogP contribution in [0.3, 0.4) is 0 Å². The summed E-state index contributed by atoms with van der Waals surface area (Å²) in [5, 5.41) is 9.26. The molecule has 0 bridgehead atoms. The molecule has 0 radical (unpaired) electrons. The molecule has 0 spiro atoms. The van der Waals surface area contributed by atoms with E-state index in [1.54, 1.807) is 0 Å². The molecule has 3 N–H and O–H groups in total. The summed E-state index contributed by atoms with van der Waals surface area (Å²) in [6.07, 6.45) is 2.71. The number of benzene rings is 1. The summed E-state index contributed by atoms with van der Waals surface area (Å²) >= 11 is 0. The molecule has 1 aromatic carbocycles. The van der Waals surface area contributed by atoms with Gasteiger partial charge in [0.2, 0.25) is 0 Å². The Labute approximate surface area is 101 Å². The van der Waals surface area contributed by atoms with E-state index in [4.69, 9.17) is 5.73 Å². The van der Waals surface area contributed by atoms with Gasteiger partial charge in [0.05, 0.1) is 5.69 Å². The standard InChI is InChI=1S/C13H17N3O/c14-7-6-12-9-16(13(10-17)15-12)8-11-4-2-1-3-5-11/h1-5,9,17H,6-8,10,14H2. The van der Waals surface area contributed by atoms with E-state index in [2.05, 4.69) is 17.1 Å². The largest absolute Gasteiger partial charge is 0.388 e. The van der Waals surface area contributed by atoms with Crippen molar-refractivity contribution in [3.05, 3.63) is 53.6 Å². The van der Waals surface area contributed by atoms with Gasteiger partial charge in [-0.1, -0.05) is 30.3 Å². The number of imidazole rings is 1. The van der Waals surface area contributed by atoms with Crippen LogP contribution in [0, 0.1) is 0 Å². The zero-order chi connectivity index (χ0) is 12.1. The van der Waals surface area contributed by atoms with Crippen molar-refractivity contribution in [1.29, 1.82) is 0 Å². The van der Waals surface area contributed by atoms with Crippen LogP contribution in [0.5, 0.6) is 0 Å². The minimum Gasteiger partial charge on any atom is -0.388 e. The minimum absolute atomic E-state index is 0.0442. The summed E-state index contributed by atoms with van der Waals surface area (Å²) in [4.78, 5) is 4.35. The summed E-state index contributed by atoms with van der Waals surface area (Å²) in [5.41, 5.74) is 7.63. The number of nitrogens with zero attached hydrogens (tertiary/aromatic N) is 2. The van der Waals surface area contributed by atoms with Gasteiger partial charge in [0.25, 0.3) is 0 Å². The molecule has 2 aromatic rings. The van der Waals surface area contributed by atoms with Crippen molar-refractivity contribution in [3.63, 3.8) is 0 Å². The molecule has 0 amide bonds. The molecular formula is C13H17N3O. The maximum Gasteiger partial charge on any atom is 0.135 e. The van der Waals surface area contributed by atoms with E-state index in [1.807, 2.05) is 29.0 Å². The molecule has 1 heterocycles. The van der Waals surface area contributed by atoms with Crippen LogP contribution in [0.25, 0.3) is 0 Å². The molecule has 0 atom stereocenters. The van der Waals surface area contributed by atoms with Crippen molar-refractivity contribution >= 4 is 0 Å². The molecule has 0 fully saturated rings. The van der Waals surface area contributed by atoms with Crippen LogP contribution in [0.2, 0.25) is 0 Å². The molecule has 17 heavy (non-hydrogen) atoms. The summed E-state index contributed by atoms with van der Waals surface area (Å²) in [6, 6.07) is 10.1. The Morgan fingerprint density at radius 2 is 2.00 bits per heavy atom. The first-order valence-electron chi connectivity index (χ1n) is 5.73. The van der Waals surface area contributed by atoms with Crippen LogP contribution in [0.15, 0.2) is 36.5 Å². The van der Waals surface area contributed by atoms with E-state index in [0.717, 1.165) is 18.7 Å². The third-order valence-electron chi connectivity index (χ3n) is 2.65. The molecule has 0 aliphatic rings. The van der Waals surface area contributed by atoms with Crippen LogP contribution >= 0.6 is 0 Å². The fourth-order valence-corrected chi connectivity index (χ4v) is 1.82.